The zero-order valence-electron chi connectivity index (χ0n) is 7.61. The van der Waals surface area contributed by atoms with Crippen LogP contribution in [0.15, 0.2) is 17.5 Å². The molecule has 1 aromatic heterocycles. The molecule has 1 saturated heterocycles. The summed E-state index contributed by atoms with van der Waals surface area (Å²) in [6.07, 6.45) is -0.224. The van der Waals surface area contributed by atoms with E-state index in [1.54, 1.807) is 16.2 Å². The summed E-state index contributed by atoms with van der Waals surface area (Å²) in [6, 6.07) is 4.00. The van der Waals surface area contributed by atoms with Gasteiger partial charge in [0.05, 0.1) is 6.54 Å². The Morgan fingerprint density at radius 3 is 2.85 bits per heavy atom. The number of rotatable bonds is 2. The first kappa shape index (κ1) is 8.56. The van der Waals surface area contributed by atoms with Gasteiger partial charge in [-0.25, -0.2) is 4.79 Å². The Bertz CT molecular complexity index is 318. The molecule has 2 rings (SSSR count). The zero-order valence-corrected chi connectivity index (χ0v) is 8.43. The van der Waals surface area contributed by atoms with Crippen molar-refractivity contribution in [1.29, 1.82) is 0 Å². The highest BCUT2D eigenvalue weighted by Gasteiger charge is 2.45. The van der Waals surface area contributed by atoms with Crippen molar-refractivity contribution >= 4 is 17.4 Å². The number of ether oxygens (including phenoxy) is 1. The molecule has 1 aliphatic rings. The molecule has 0 radical (unpaired) electrons. The fraction of sp³-hybridized carbons (Fsp3) is 0.444. The molecule has 2 heterocycles. The highest BCUT2D eigenvalue weighted by Crippen LogP contribution is 2.30. The molecule has 1 aliphatic heterocycles. The van der Waals surface area contributed by atoms with Crippen molar-refractivity contribution < 1.29 is 9.53 Å². The minimum atomic E-state index is -0.429. The molecular formula is C9H11NO2S. The lowest BCUT2D eigenvalue weighted by Crippen LogP contribution is -2.61. The van der Waals surface area contributed by atoms with Crippen LogP contribution in [0.5, 0.6) is 0 Å². The first-order valence-electron chi connectivity index (χ1n) is 4.12. The van der Waals surface area contributed by atoms with Gasteiger partial charge in [-0.15, -0.1) is 11.3 Å². The Hall–Kier alpha value is -1.03. The summed E-state index contributed by atoms with van der Waals surface area (Å²) in [5.74, 6) is 0. The van der Waals surface area contributed by atoms with E-state index in [0.29, 0.717) is 6.54 Å². The van der Waals surface area contributed by atoms with E-state index in [9.17, 15) is 4.79 Å². The first-order chi connectivity index (χ1) is 6.09. The summed E-state index contributed by atoms with van der Waals surface area (Å²) in [5, 5.41) is 2.01. The van der Waals surface area contributed by atoms with Gasteiger partial charge < -0.3 is 4.74 Å². The van der Waals surface area contributed by atoms with E-state index in [2.05, 4.69) is 0 Å². The molecule has 70 valence electrons. The summed E-state index contributed by atoms with van der Waals surface area (Å²) in [6.45, 7) is 4.44. The molecule has 0 spiro atoms. The number of hydrogen-bond acceptors (Lipinski definition) is 3. The molecule has 0 N–H and O–H groups in total. The van der Waals surface area contributed by atoms with Crippen LogP contribution in [0.25, 0.3) is 0 Å². The van der Waals surface area contributed by atoms with Crippen molar-refractivity contribution in [3.05, 3.63) is 22.4 Å². The minimum absolute atomic E-state index is 0.224. The van der Waals surface area contributed by atoms with Crippen LogP contribution in [0, 0.1) is 0 Å². The van der Waals surface area contributed by atoms with Gasteiger partial charge in [-0.2, -0.15) is 0 Å². The van der Waals surface area contributed by atoms with Gasteiger partial charge in [0.15, 0.2) is 5.72 Å². The smallest absolute Gasteiger partial charge is 0.415 e. The second-order valence-corrected chi connectivity index (χ2v) is 4.51. The Balaban J connectivity index is 2.06. The summed E-state index contributed by atoms with van der Waals surface area (Å²) >= 11 is 1.65. The highest BCUT2D eigenvalue weighted by atomic mass is 32.1. The molecule has 0 unspecified atom stereocenters. The molecule has 1 aromatic rings. The van der Waals surface area contributed by atoms with Crippen molar-refractivity contribution in [3.63, 3.8) is 0 Å². The Morgan fingerprint density at radius 1 is 1.62 bits per heavy atom. The van der Waals surface area contributed by atoms with E-state index in [-0.39, 0.29) is 6.09 Å². The van der Waals surface area contributed by atoms with Gasteiger partial charge in [0.25, 0.3) is 0 Å². The average Bonchev–Trinajstić information content (AvgIpc) is 2.51. The number of cyclic esters (lactones) is 1. The second-order valence-electron chi connectivity index (χ2n) is 3.48. The largest absolute Gasteiger partial charge is 0.423 e. The van der Waals surface area contributed by atoms with Crippen LogP contribution in [-0.4, -0.2) is 16.7 Å². The van der Waals surface area contributed by atoms with E-state index >= 15 is 0 Å². The van der Waals surface area contributed by atoms with Crippen LogP contribution in [0.3, 0.4) is 0 Å². The molecule has 0 saturated carbocycles. The molecule has 3 nitrogen and oxygen atoms in total. The van der Waals surface area contributed by atoms with Gasteiger partial charge in [0.2, 0.25) is 0 Å². The number of nitrogens with zero attached hydrogens (tertiary/aromatic N) is 1. The van der Waals surface area contributed by atoms with Gasteiger partial charge in [-0.1, -0.05) is 6.07 Å². The minimum Gasteiger partial charge on any atom is -0.423 e. The van der Waals surface area contributed by atoms with Gasteiger partial charge in [-0.3, -0.25) is 4.90 Å². The quantitative estimate of drug-likeness (QED) is 0.728. The molecule has 1 amide bonds. The standard InChI is InChI=1S/C9H11NO2S/c1-9(2)10(8(11)12-9)6-7-4-3-5-13-7/h3-5H,6H2,1-2H3. The maximum atomic E-state index is 11.1. The van der Waals surface area contributed by atoms with Crippen LogP contribution < -0.4 is 0 Å². The highest BCUT2D eigenvalue weighted by molar-refractivity contribution is 7.09. The monoisotopic (exact) mass is 197 g/mol. The van der Waals surface area contributed by atoms with Crippen LogP contribution in [0.2, 0.25) is 0 Å². The van der Waals surface area contributed by atoms with Crippen molar-refractivity contribution in [2.45, 2.75) is 26.1 Å². The van der Waals surface area contributed by atoms with Crippen LogP contribution in [0.4, 0.5) is 4.79 Å². The molecule has 0 atom stereocenters. The van der Waals surface area contributed by atoms with Crippen LogP contribution >= 0.6 is 11.3 Å². The predicted octanol–water partition coefficient (Wildman–Crippen LogP) is 2.44. The predicted molar refractivity (Wildman–Crippen MR) is 50.4 cm³/mol. The number of carbonyl (C=O) groups is 1. The third-order valence-electron chi connectivity index (χ3n) is 2.10. The lowest BCUT2D eigenvalue weighted by atomic mass is 10.2. The summed E-state index contributed by atoms with van der Waals surface area (Å²) in [4.78, 5) is 14.0. The number of hydrogen-bond donors (Lipinski definition) is 0. The van der Waals surface area contributed by atoms with Crippen molar-refractivity contribution in [2.75, 3.05) is 0 Å². The number of thiophene rings is 1. The number of amides is 1. The van der Waals surface area contributed by atoms with E-state index in [0.717, 1.165) is 0 Å². The molecule has 13 heavy (non-hydrogen) atoms. The molecular weight excluding hydrogens is 186 g/mol. The van der Waals surface area contributed by atoms with Crippen molar-refractivity contribution in [2.24, 2.45) is 0 Å². The van der Waals surface area contributed by atoms with Gasteiger partial charge >= 0.3 is 6.09 Å². The zero-order chi connectivity index (χ0) is 9.47. The van der Waals surface area contributed by atoms with E-state index in [4.69, 9.17) is 4.74 Å². The summed E-state index contributed by atoms with van der Waals surface area (Å²) < 4.78 is 4.98. The van der Waals surface area contributed by atoms with E-state index < -0.39 is 5.72 Å². The lowest BCUT2D eigenvalue weighted by Gasteiger charge is -2.46. The number of carbonyl (C=O) groups excluding carboxylic acids is 1. The summed E-state index contributed by atoms with van der Waals surface area (Å²) in [7, 11) is 0. The molecule has 0 aromatic carbocycles. The van der Waals surface area contributed by atoms with Gasteiger partial charge in [0.1, 0.15) is 0 Å². The fourth-order valence-electron chi connectivity index (χ4n) is 1.32. The molecule has 0 aliphatic carbocycles. The molecule has 4 heteroatoms. The second kappa shape index (κ2) is 2.73. The van der Waals surface area contributed by atoms with Crippen LogP contribution in [-0.2, 0) is 11.3 Å². The molecule has 0 bridgehead atoms. The fourth-order valence-corrected chi connectivity index (χ4v) is 2.01. The van der Waals surface area contributed by atoms with Crippen LogP contribution in [0.1, 0.15) is 18.7 Å². The van der Waals surface area contributed by atoms with E-state index in [1.807, 2.05) is 31.4 Å². The van der Waals surface area contributed by atoms with Gasteiger partial charge in [-0.05, 0) is 25.3 Å². The van der Waals surface area contributed by atoms with Gasteiger partial charge in [0, 0.05) is 4.88 Å². The third kappa shape index (κ3) is 1.42. The Morgan fingerprint density at radius 2 is 2.38 bits per heavy atom. The van der Waals surface area contributed by atoms with Crippen molar-refractivity contribution in [3.8, 4) is 0 Å². The normalized spacial score (nSPS) is 19.5. The topological polar surface area (TPSA) is 29.5 Å². The summed E-state index contributed by atoms with van der Waals surface area (Å²) in [5.41, 5.74) is -0.429. The SMILES string of the molecule is CC1(C)OC(=O)N1Cc1cccs1. The maximum absolute atomic E-state index is 11.1. The third-order valence-corrected chi connectivity index (χ3v) is 2.96. The van der Waals surface area contributed by atoms with Crippen molar-refractivity contribution in [1.82, 2.24) is 4.90 Å². The first-order valence-corrected chi connectivity index (χ1v) is 5.00. The van der Waals surface area contributed by atoms with E-state index in [1.165, 1.54) is 4.88 Å². The Kier molecular flexibility index (Phi) is 1.80. The molecule has 1 fully saturated rings. The Labute approximate surface area is 80.9 Å². The lowest BCUT2D eigenvalue weighted by molar-refractivity contribution is -0.166. The average molecular weight is 197 g/mol. The maximum Gasteiger partial charge on any atom is 0.415 e.